The summed E-state index contributed by atoms with van der Waals surface area (Å²) in [6, 6.07) is 0. The Labute approximate surface area is 83.3 Å². The molecule has 1 aliphatic carbocycles. The molecule has 1 saturated carbocycles. The van der Waals surface area contributed by atoms with Crippen molar-refractivity contribution in [2.75, 3.05) is 13.1 Å². The number of hydrogen-bond donors (Lipinski definition) is 1. The minimum absolute atomic E-state index is 0.688. The SMILES string of the molecule is CCC(C)CNCC1(CC)CCC1. The van der Waals surface area contributed by atoms with E-state index in [1.54, 1.807) is 0 Å². The minimum atomic E-state index is 0.688. The van der Waals surface area contributed by atoms with Crippen LogP contribution in [0.5, 0.6) is 0 Å². The van der Waals surface area contributed by atoms with Crippen molar-refractivity contribution < 1.29 is 0 Å². The molecule has 1 rings (SSSR count). The van der Waals surface area contributed by atoms with Gasteiger partial charge in [-0.3, -0.25) is 0 Å². The summed E-state index contributed by atoms with van der Waals surface area (Å²) in [6.07, 6.45) is 7.03. The van der Waals surface area contributed by atoms with E-state index in [9.17, 15) is 0 Å². The van der Waals surface area contributed by atoms with Gasteiger partial charge in [-0.2, -0.15) is 0 Å². The molecular weight excluding hydrogens is 158 g/mol. The van der Waals surface area contributed by atoms with Crippen LogP contribution >= 0.6 is 0 Å². The molecule has 0 aromatic heterocycles. The Morgan fingerprint density at radius 3 is 2.38 bits per heavy atom. The van der Waals surface area contributed by atoms with Crippen LogP contribution in [-0.2, 0) is 0 Å². The molecule has 0 saturated heterocycles. The summed E-state index contributed by atoms with van der Waals surface area (Å²) in [6.45, 7) is 9.40. The fraction of sp³-hybridized carbons (Fsp3) is 1.00. The highest BCUT2D eigenvalue weighted by atomic mass is 14.9. The lowest BCUT2D eigenvalue weighted by Gasteiger charge is -2.41. The number of rotatable bonds is 6. The van der Waals surface area contributed by atoms with Crippen molar-refractivity contribution in [3.8, 4) is 0 Å². The Morgan fingerprint density at radius 1 is 1.31 bits per heavy atom. The molecule has 1 fully saturated rings. The highest BCUT2D eigenvalue weighted by Gasteiger charge is 2.34. The third kappa shape index (κ3) is 2.98. The first-order chi connectivity index (χ1) is 6.22. The molecule has 1 atom stereocenters. The normalized spacial score (nSPS) is 22.4. The first-order valence-electron chi connectivity index (χ1n) is 5.93. The predicted molar refractivity (Wildman–Crippen MR) is 58.9 cm³/mol. The van der Waals surface area contributed by atoms with Crippen molar-refractivity contribution in [1.29, 1.82) is 0 Å². The topological polar surface area (TPSA) is 12.0 Å². The van der Waals surface area contributed by atoms with Crippen LogP contribution in [-0.4, -0.2) is 13.1 Å². The summed E-state index contributed by atoms with van der Waals surface area (Å²) >= 11 is 0. The molecule has 78 valence electrons. The lowest BCUT2D eigenvalue weighted by molar-refractivity contribution is 0.122. The molecule has 0 bridgehead atoms. The second-order valence-corrected chi connectivity index (χ2v) is 4.85. The Hall–Kier alpha value is -0.0400. The Morgan fingerprint density at radius 2 is 2.00 bits per heavy atom. The van der Waals surface area contributed by atoms with Gasteiger partial charge in [0.1, 0.15) is 0 Å². The summed E-state index contributed by atoms with van der Waals surface area (Å²) in [5.74, 6) is 0.842. The smallest absolute Gasteiger partial charge is 0.000782 e. The summed E-state index contributed by atoms with van der Waals surface area (Å²) in [5.41, 5.74) is 0.688. The third-order valence-electron chi connectivity index (χ3n) is 3.85. The van der Waals surface area contributed by atoms with E-state index < -0.39 is 0 Å². The first kappa shape index (κ1) is 11.0. The zero-order valence-corrected chi connectivity index (χ0v) is 9.53. The van der Waals surface area contributed by atoms with Crippen LogP contribution < -0.4 is 5.32 Å². The molecule has 1 N–H and O–H groups in total. The van der Waals surface area contributed by atoms with Gasteiger partial charge in [0.25, 0.3) is 0 Å². The lowest BCUT2D eigenvalue weighted by atomic mass is 9.67. The summed E-state index contributed by atoms with van der Waals surface area (Å²) < 4.78 is 0. The van der Waals surface area contributed by atoms with Gasteiger partial charge >= 0.3 is 0 Å². The van der Waals surface area contributed by atoms with Gasteiger partial charge in [-0.1, -0.05) is 33.6 Å². The van der Waals surface area contributed by atoms with Crippen molar-refractivity contribution in [2.24, 2.45) is 11.3 Å². The van der Waals surface area contributed by atoms with Crippen LogP contribution in [0.15, 0.2) is 0 Å². The summed E-state index contributed by atoms with van der Waals surface area (Å²) in [5, 5.41) is 3.63. The van der Waals surface area contributed by atoms with Gasteiger partial charge < -0.3 is 5.32 Å². The average Bonchev–Trinajstić information content (AvgIpc) is 2.09. The van der Waals surface area contributed by atoms with Crippen molar-refractivity contribution in [3.63, 3.8) is 0 Å². The molecule has 0 amide bonds. The highest BCUT2D eigenvalue weighted by Crippen LogP contribution is 2.42. The molecule has 0 spiro atoms. The maximum absolute atomic E-state index is 3.63. The van der Waals surface area contributed by atoms with E-state index >= 15 is 0 Å². The van der Waals surface area contributed by atoms with Crippen LogP contribution in [0.25, 0.3) is 0 Å². The second kappa shape index (κ2) is 4.99. The molecule has 0 aromatic carbocycles. The average molecular weight is 183 g/mol. The fourth-order valence-electron chi connectivity index (χ4n) is 2.06. The third-order valence-corrected chi connectivity index (χ3v) is 3.85. The maximum atomic E-state index is 3.63. The van der Waals surface area contributed by atoms with Gasteiger partial charge in [0.05, 0.1) is 0 Å². The molecule has 1 aliphatic rings. The van der Waals surface area contributed by atoms with E-state index in [1.807, 2.05) is 0 Å². The van der Waals surface area contributed by atoms with Gasteiger partial charge in [-0.25, -0.2) is 0 Å². The number of nitrogens with one attached hydrogen (secondary N) is 1. The monoisotopic (exact) mass is 183 g/mol. The maximum Gasteiger partial charge on any atom is 0.000782 e. The molecule has 1 nitrogen and oxygen atoms in total. The van der Waals surface area contributed by atoms with E-state index in [0.717, 1.165) is 5.92 Å². The zero-order chi connectivity index (χ0) is 9.73. The van der Waals surface area contributed by atoms with Crippen molar-refractivity contribution >= 4 is 0 Å². The van der Waals surface area contributed by atoms with E-state index in [-0.39, 0.29) is 0 Å². The molecule has 0 aromatic rings. The summed E-state index contributed by atoms with van der Waals surface area (Å²) in [4.78, 5) is 0. The van der Waals surface area contributed by atoms with Gasteiger partial charge in [0.2, 0.25) is 0 Å². The Bertz CT molecular complexity index is 133. The van der Waals surface area contributed by atoms with Gasteiger partial charge in [-0.15, -0.1) is 0 Å². The Balaban J connectivity index is 2.10. The molecule has 13 heavy (non-hydrogen) atoms. The quantitative estimate of drug-likeness (QED) is 0.667. The first-order valence-corrected chi connectivity index (χ1v) is 5.93. The number of hydrogen-bond acceptors (Lipinski definition) is 1. The van der Waals surface area contributed by atoms with Crippen LogP contribution in [0.3, 0.4) is 0 Å². The molecule has 0 aliphatic heterocycles. The van der Waals surface area contributed by atoms with Crippen LogP contribution in [0.1, 0.15) is 52.9 Å². The van der Waals surface area contributed by atoms with E-state index in [4.69, 9.17) is 0 Å². The standard InChI is InChI=1S/C12H25N/c1-4-11(3)9-13-10-12(5-2)7-6-8-12/h11,13H,4-10H2,1-3H3. The van der Waals surface area contributed by atoms with Crippen molar-refractivity contribution in [3.05, 3.63) is 0 Å². The van der Waals surface area contributed by atoms with E-state index in [0.29, 0.717) is 5.41 Å². The van der Waals surface area contributed by atoms with Gasteiger partial charge in [0.15, 0.2) is 0 Å². The fourth-order valence-corrected chi connectivity index (χ4v) is 2.06. The van der Waals surface area contributed by atoms with Crippen molar-refractivity contribution in [2.45, 2.75) is 52.9 Å². The van der Waals surface area contributed by atoms with Gasteiger partial charge in [0, 0.05) is 6.54 Å². The highest BCUT2D eigenvalue weighted by molar-refractivity contribution is 4.88. The van der Waals surface area contributed by atoms with Gasteiger partial charge in [-0.05, 0) is 37.1 Å². The van der Waals surface area contributed by atoms with E-state index in [1.165, 1.54) is 45.2 Å². The minimum Gasteiger partial charge on any atom is -0.316 e. The van der Waals surface area contributed by atoms with Crippen LogP contribution in [0.2, 0.25) is 0 Å². The van der Waals surface area contributed by atoms with Crippen LogP contribution in [0, 0.1) is 11.3 Å². The molecule has 1 unspecified atom stereocenters. The zero-order valence-electron chi connectivity index (χ0n) is 9.53. The van der Waals surface area contributed by atoms with Crippen molar-refractivity contribution in [1.82, 2.24) is 5.32 Å². The van der Waals surface area contributed by atoms with E-state index in [2.05, 4.69) is 26.1 Å². The Kier molecular flexibility index (Phi) is 4.24. The second-order valence-electron chi connectivity index (χ2n) is 4.85. The molecule has 1 heteroatoms. The molecule has 0 heterocycles. The predicted octanol–water partition coefficient (Wildman–Crippen LogP) is 3.20. The van der Waals surface area contributed by atoms with Crippen LogP contribution in [0.4, 0.5) is 0 Å². The summed E-state index contributed by atoms with van der Waals surface area (Å²) in [7, 11) is 0. The molecule has 0 radical (unpaired) electrons. The largest absolute Gasteiger partial charge is 0.316 e. The molecular formula is C12H25N. The lowest BCUT2D eigenvalue weighted by Crippen LogP contribution is -2.40.